The summed E-state index contributed by atoms with van der Waals surface area (Å²) < 4.78 is 15.8. The molecule has 0 aliphatic rings. The standard InChI is InChI=1S/C24H21FIN5O3S/c1-4-5-16(24(33)34)13(3)31(26)23-12(2)20(19-7-6-15(11-32)35-19)29-22(30-23)18-10-28-21-17(18)8-14(25)9-27-21/h4,6-11,13,16H,1,5H2,2-3H3,(H,27,28)(H,33,34). The summed E-state index contributed by atoms with van der Waals surface area (Å²) in [5.41, 5.74) is 2.37. The first-order valence-corrected chi connectivity index (χ1v) is 12.4. The van der Waals surface area contributed by atoms with Crippen molar-refractivity contribution in [3.8, 4) is 22.0 Å². The number of rotatable bonds is 9. The summed E-state index contributed by atoms with van der Waals surface area (Å²) in [5.74, 6) is -1.28. The fourth-order valence-electron chi connectivity index (χ4n) is 3.81. The monoisotopic (exact) mass is 605 g/mol. The van der Waals surface area contributed by atoms with Gasteiger partial charge in [-0.15, -0.1) is 17.9 Å². The minimum Gasteiger partial charge on any atom is -0.481 e. The van der Waals surface area contributed by atoms with Crippen molar-refractivity contribution in [3.05, 3.63) is 59.5 Å². The zero-order chi connectivity index (χ0) is 25.3. The van der Waals surface area contributed by atoms with Gasteiger partial charge in [0.1, 0.15) is 17.3 Å². The summed E-state index contributed by atoms with van der Waals surface area (Å²) in [6, 6.07) is 4.46. The number of allylic oxidation sites excluding steroid dienone is 1. The molecular weight excluding hydrogens is 584 g/mol. The van der Waals surface area contributed by atoms with Crippen LogP contribution in [0.2, 0.25) is 0 Å². The second-order valence-corrected chi connectivity index (χ2v) is 10.1. The minimum atomic E-state index is -0.932. The van der Waals surface area contributed by atoms with Gasteiger partial charge in [0.25, 0.3) is 0 Å². The molecule has 0 radical (unpaired) electrons. The molecule has 0 aromatic carbocycles. The van der Waals surface area contributed by atoms with E-state index < -0.39 is 23.7 Å². The lowest BCUT2D eigenvalue weighted by molar-refractivity contribution is -0.142. The van der Waals surface area contributed by atoms with Crippen molar-refractivity contribution in [2.75, 3.05) is 3.11 Å². The van der Waals surface area contributed by atoms with Crippen LogP contribution >= 0.6 is 34.2 Å². The van der Waals surface area contributed by atoms with Crippen molar-refractivity contribution in [2.24, 2.45) is 5.92 Å². The van der Waals surface area contributed by atoms with Gasteiger partial charge in [-0.1, -0.05) is 6.08 Å². The molecule has 11 heteroatoms. The van der Waals surface area contributed by atoms with Crippen LogP contribution in [0.4, 0.5) is 10.2 Å². The number of fused-ring (bicyclic) bond motifs is 1. The molecule has 0 aliphatic heterocycles. The van der Waals surface area contributed by atoms with Crippen molar-refractivity contribution in [3.63, 3.8) is 0 Å². The van der Waals surface area contributed by atoms with Crippen molar-refractivity contribution in [2.45, 2.75) is 26.3 Å². The van der Waals surface area contributed by atoms with E-state index in [9.17, 15) is 19.1 Å². The van der Waals surface area contributed by atoms with Gasteiger partial charge in [0.05, 0.1) is 56.5 Å². The Labute approximate surface area is 218 Å². The quantitative estimate of drug-likeness (QED) is 0.107. The molecular formula is C24H21FIN5O3S. The molecule has 4 aromatic heterocycles. The van der Waals surface area contributed by atoms with E-state index in [1.165, 1.54) is 17.4 Å². The number of aromatic amines is 1. The van der Waals surface area contributed by atoms with Crippen LogP contribution in [0.5, 0.6) is 0 Å². The zero-order valence-corrected chi connectivity index (χ0v) is 21.8. The topological polar surface area (TPSA) is 112 Å². The third-order valence-corrected chi connectivity index (χ3v) is 8.07. The minimum absolute atomic E-state index is 0.293. The summed E-state index contributed by atoms with van der Waals surface area (Å²) in [7, 11) is 0. The predicted molar refractivity (Wildman–Crippen MR) is 142 cm³/mol. The van der Waals surface area contributed by atoms with Gasteiger partial charge in [-0.2, -0.15) is 0 Å². The lowest BCUT2D eigenvalue weighted by Crippen LogP contribution is -2.36. The number of hydrogen-bond acceptors (Lipinski definition) is 7. The van der Waals surface area contributed by atoms with Crippen molar-refractivity contribution < 1.29 is 19.1 Å². The summed E-state index contributed by atoms with van der Waals surface area (Å²) in [6.45, 7) is 7.36. The van der Waals surface area contributed by atoms with Crippen LogP contribution in [0.15, 0.2) is 43.2 Å². The van der Waals surface area contributed by atoms with Crippen LogP contribution < -0.4 is 3.11 Å². The zero-order valence-electron chi connectivity index (χ0n) is 18.8. The van der Waals surface area contributed by atoms with E-state index in [1.54, 1.807) is 21.5 Å². The number of carbonyl (C=O) groups is 2. The summed E-state index contributed by atoms with van der Waals surface area (Å²) in [5, 5.41) is 10.3. The molecule has 2 unspecified atom stereocenters. The molecule has 2 atom stereocenters. The Morgan fingerprint density at radius 1 is 1.40 bits per heavy atom. The number of H-pyrrole nitrogens is 1. The average molecular weight is 605 g/mol. The maximum atomic E-state index is 14.0. The van der Waals surface area contributed by atoms with E-state index in [-0.39, 0.29) is 0 Å². The van der Waals surface area contributed by atoms with Gasteiger partial charge in [0.15, 0.2) is 12.1 Å². The lowest BCUT2D eigenvalue weighted by Gasteiger charge is -2.29. The molecule has 4 aromatic rings. The van der Waals surface area contributed by atoms with E-state index in [0.717, 1.165) is 22.9 Å². The normalized spacial score (nSPS) is 12.9. The van der Waals surface area contributed by atoms with Crippen LogP contribution in [0.1, 0.15) is 28.6 Å². The molecule has 0 saturated carbocycles. The van der Waals surface area contributed by atoms with E-state index in [0.29, 0.717) is 45.2 Å². The molecule has 35 heavy (non-hydrogen) atoms. The van der Waals surface area contributed by atoms with E-state index in [2.05, 4.69) is 39.4 Å². The van der Waals surface area contributed by atoms with Crippen LogP contribution in [0, 0.1) is 18.7 Å². The number of hydrogen-bond donors (Lipinski definition) is 2. The number of nitrogens with zero attached hydrogens (tertiary/aromatic N) is 4. The number of anilines is 1. The highest BCUT2D eigenvalue weighted by Gasteiger charge is 2.30. The predicted octanol–water partition coefficient (Wildman–Crippen LogP) is 5.83. The van der Waals surface area contributed by atoms with Crippen LogP contribution in [0.25, 0.3) is 33.0 Å². The number of carbonyl (C=O) groups excluding carboxylic acids is 1. The van der Waals surface area contributed by atoms with Crippen LogP contribution in [-0.2, 0) is 4.79 Å². The third kappa shape index (κ3) is 4.82. The molecule has 180 valence electrons. The molecule has 4 heterocycles. The molecule has 0 saturated heterocycles. The Balaban J connectivity index is 1.92. The largest absolute Gasteiger partial charge is 0.481 e. The number of pyridine rings is 1. The second-order valence-electron chi connectivity index (χ2n) is 7.94. The van der Waals surface area contributed by atoms with Crippen molar-refractivity contribution in [1.29, 1.82) is 0 Å². The Morgan fingerprint density at radius 2 is 2.17 bits per heavy atom. The number of aliphatic carboxylic acids is 1. The van der Waals surface area contributed by atoms with Crippen molar-refractivity contribution >= 4 is 63.3 Å². The fraction of sp³-hybridized carbons (Fsp3) is 0.208. The number of aldehydes is 1. The van der Waals surface area contributed by atoms with Gasteiger partial charge in [-0.3, -0.25) is 12.7 Å². The Kier molecular flexibility index (Phi) is 7.26. The van der Waals surface area contributed by atoms with Crippen molar-refractivity contribution in [1.82, 2.24) is 19.9 Å². The van der Waals surface area contributed by atoms with E-state index in [4.69, 9.17) is 9.97 Å². The number of aromatic nitrogens is 4. The highest BCUT2D eigenvalue weighted by atomic mass is 127. The average Bonchev–Trinajstić information content (AvgIpc) is 3.48. The molecule has 0 amide bonds. The fourth-order valence-corrected chi connectivity index (χ4v) is 5.54. The molecule has 8 nitrogen and oxygen atoms in total. The van der Waals surface area contributed by atoms with Crippen LogP contribution in [0.3, 0.4) is 0 Å². The first-order valence-electron chi connectivity index (χ1n) is 10.6. The summed E-state index contributed by atoms with van der Waals surface area (Å²) in [6.07, 6.45) is 5.45. The molecule has 4 rings (SSSR count). The number of thiophene rings is 1. The first kappa shape index (κ1) is 24.9. The summed E-state index contributed by atoms with van der Waals surface area (Å²) >= 11 is 3.36. The Hall–Kier alpha value is -3.19. The first-order chi connectivity index (χ1) is 16.7. The molecule has 0 spiro atoms. The third-order valence-electron chi connectivity index (χ3n) is 5.72. The van der Waals surface area contributed by atoms with Gasteiger partial charge in [0, 0.05) is 22.7 Å². The highest BCUT2D eigenvalue weighted by Crippen LogP contribution is 2.38. The van der Waals surface area contributed by atoms with Gasteiger partial charge < -0.3 is 10.1 Å². The number of nitrogens with one attached hydrogen (secondary N) is 1. The maximum Gasteiger partial charge on any atom is 0.308 e. The van der Waals surface area contributed by atoms with Gasteiger partial charge >= 0.3 is 5.97 Å². The Bertz CT molecular complexity index is 1440. The van der Waals surface area contributed by atoms with Gasteiger partial charge in [0.2, 0.25) is 0 Å². The molecule has 0 aliphatic carbocycles. The summed E-state index contributed by atoms with van der Waals surface area (Å²) in [4.78, 5) is 41.2. The Morgan fingerprint density at radius 3 is 2.83 bits per heavy atom. The molecule has 0 fully saturated rings. The molecule has 2 N–H and O–H groups in total. The number of halogens is 2. The molecule has 0 bridgehead atoms. The SMILES string of the molecule is C=CCC(C(=O)O)C(C)N(I)c1nc(-c2c[nH]c3ncc(F)cc23)nc(-c2ccc(C=O)s2)c1C. The van der Waals surface area contributed by atoms with Gasteiger partial charge in [-0.25, -0.2) is 19.3 Å². The smallest absolute Gasteiger partial charge is 0.308 e. The number of carboxylic acids is 1. The second kappa shape index (κ2) is 10.2. The van der Waals surface area contributed by atoms with Gasteiger partial charge in [-0.05, 0) is 38.5 Å². The van der Waals surface area contributed by atoms with Crippen LogP contribution in [-0.4, -0.2) is 43.3 Å². The maximum absolute atomic E-state index is 14.0. The number of carboxylic acid groups (broad SMARTS) is 1. The lowest BCUT2D eigenvalue weighted by atomic mass is 9.97. The highest BCUT2D eigenvalue weighted by molar-refractivity contribution is 14.1. The van der Waals surface area contributed by atoms with E-state index >= 15 is 0 Å². The van der Waals surface area contributed by atoms with E-state index in [1.807, 2.05) is 19.9 Å².